The van der Waals surface area contributed by atoms with Gasteiger partial charge in [0.15, 0.2) is 5.69 Å². The third-order valence-corrected chi connectivity index (χ3v) is 6.21. The first-order valence-electron chi connectivity index (χ1n) is 8.79. The number of likely N-dealkylation sites (N-methyl/N-ethyl adjacent to an activating group) is 1. The second-order valence-corrected chi connectivity index (χ2v) is 8.05. The molecule has 3 rings (SSSR count). The Labute approximate surface area is 169 Å². The number of amides is 1. The summed E-state index contributed by atoms with van der Waals surface area (Å²) >= 11 is 3.05. The highest BCUT2D eigenvalue weighted by molar-refractivity contribution is 7.20. The average Bonchev–Trinajstić information content (AvgIpc) is 3.32. The first-order chi connectivity index (χ1) is 13.4. The Hall–Kier alpha value is -2.72. The molecule has 3 aromatic rings. The number of carbonyl (C=O) groups excluding carboxylic acids is 1. The maximum Gasteiger partial charge on any atom is 0.330 e. The summed E-state index contributed by atoms with van der Waals surface area (Å²) in [6.45, 7) is 2.37. The number of nitrogens with one attached hydrogen (secondary N) is 1. The molecule has 0 aliphatic heterocycles. The van der Waals surface area contributed by atoms with Crippen LogP contribution in [0.25, 0.3) is 9.88 Å². The number of hydrogen-bond donors (Lipinski definition) is 2. The van der Waals surface area contributed by atoms with Crippen molar-refractivity contribution in [3.05, 3.63) is 49.4 Å². The summed E-state index contributed by atoms with van der Waals surface area (Å²) in [5, 5.41) is 4.65. The summed E-state index contributed by atoms with van der Waals surface area (Å²) in [6.07, 6.45) is 1.63. The SMILES string of the molecule is CCCCn1c(N)c(N(C)C(=O)Cc2csc(-c3cccs3)n2)c(=O)[nH]c1=O. The lowest BCUT2D eigenvalue weighted by Gasteiger charge is -2.20. The van der Waals surface area contributed by atoms with E-state index in [1.165, 1.54) is 27.9 Å². The first-order valence-corrected chi connectivity index (χ1v) is 10.6. The van der Waals surface area contributed by atoms with Gasteiger partial charge in [-0.3, -0.25) is 19.1 Å². The van der Waals surface area contributed by atoms with E-state index in [1.54, 1.807) is 11.3 Å². The third kappa shape index (κ3) is 4.07. The van der Waals surface area contributed by atoms with Crippen LogP contribution in [0.5, 0.6) is 0 Å². The van der Waals surface area contributed by atoms with Gasteiger partial charge in [-0.2, -0.15) is 0 Å². The number of thiophene rings is 1. The zero-order chi connectivity index (χ0) is 20.3. The van der Waals surface area contributed by atoms with Crippen molar-refractivity contribution in [3.63, 3.8) is 0 Å². The predicted octanol–water partition coefficient (Wildman–Crippen LogP) is 2.31. The smallest absolute Gasteiger partial charge is 0.330 e. The van der Waals surface area contributed by atoms with Gasteiger partial charge in [0.2, 0.25) is 5.91 Å². The van der Waals surface area contributed by atoms with Crippen molar-refractivity contribution in [1.29, 1.82) is 0 Å². The zero-order valence-corrected chi connectivity index (χ0v) is 17.2. The Bertz CT molecular complexity index is 1080. The maximum atomic E-state index is 12.7. The van der Waals surface area contributed by atoms with Crippen LogP contribution in [-0.2, 0) is 17.8 Å². The maximum absolute atomic E-state index is 12.7. The number of aromatic nitrogens is 3. The van der Waals surface area contributed by atoms with Crippen LogP contribution in [0.2, 0.25) is 0 Å². The molecule has 3 heterocycles. The van der Waals surface area contributed by atoms with Crippen molar-refractivity contribution in [1.82, 2.24) is 14.5 Å². The molecule has 0 spiro atoms. The topological polar surface area (TPSA) is 114 Å². The fourth-order valence-electron chi connectivity index (χ4n) is 2.74. The third-order valence-electron chi connectivity index (χ3n) is 4.27. The number of thiazole rings is 1. The Balaban J connectivity index is 1.83. The highest BCUT2D eigenvalue weighted by atomic mass is 32.1. The predicted molar refractivity (Wildman–Crippen MR) is 113 cm³/mol. The molecular formula is C18H21N5O3S2. The second kappa shape index (κ2) is 8.53. The zero-order valence-electron chi connectivity index (χ0n) is 15.6. The normalized spacial score (nSPS) is 10.9. The molecule has 0 fully saturated rings. The lowest BCUT2D eigenvalue weighted by atomic mass is 10.2. The molecule has 3 N–H and O–H groups in total. The second-order valence-electron chi connectivity index (χ2n) is 6.25. The molecule has 148 valence electrons. The molecule has 0 aliphatic carbocycles. The number of anilines is 2. The van der Waals surface area contributed by atoms with Crippen molar-refractivity contribution in [2.75, 3.05) is 17.7 Å². The highest BCUT2D eigenvalue weighted by Gasteiger charge is 2.22. The van der Waals surface area contributed by atoms with Crippen LogP contribution < -0.4 is 21.9 Å². The number of H-pyrrole nitrogens is 1. The molecule has 1 amide bonds. The summed E-state index contributed by atoms with van der Waals surface area (Å²) in [5.41, 5.74) is 5.42. The van der Waals surface area contributed by atoms with Gasteiger partial charge >= 0.3 is 5.69 Å². The van der Waals surface area contributed by atoms with Crippen LogP contribution in [-0.4, -0.2) is 27.5 Å². The summed E-state index contributed by atoms with van der Waals surface area (Å²) in [6, 6.07) is 3.92. The van der Waals surface area contributed by atoms with Gasteiger partial charge in [0.25, 0.3) is 5.56 Å². The standard InChI is InChI=1S/C18H21N5O3S2/c1-3-4-7-23-15(19)14(16(25)21-18(23)26)22(2)13(24)9-11-10-28-17(20-11)12-6-5-8-27-12/h5-6,8,10H,3-4,7,9,19H2,1-2H3,(H,21,25,26). The summed E-state index contributed by atoms with van der Waals surface area (Å²) < 4.78 is 1.29. The fraction of sp³-hybridized carbons (Fsp3) is 0.333. The van der Waals surface area contributed by atoms with Gasteiger partial charge in [0.05, 0.1) is 17.0 Å². The van der Waals surface area contributed by atoms with Crippen LogP contribution in [0, 0.1) is 0 Å². The Morgan fingerprint density at radius 3 is 2.82 bits per heavy atom. The number of nitrogen functional groups attached to an aromatic ring is 1. The monoisotopic (exact) mass is 419 g/mol. The molecule has 0 saturated heterocycles. The minimum Gasteiger partial charge on any atom is -0.383 e. The van der Waals surface area contributed by atoms with Gasteiger partial charge in [0.1, 0.15) is 10.8 Å². The van der Waals surface area contributed by atoms with E-state index in [-0.39, 0.29) is 23.8 Å². The van der Waals surface area contributed by atoms with Crippen LogP contribution in [0.1, 0.15) is 25.5 Å². The Morgan fingerprint density at radius 1 is 1.36 bits per heavy atom. The highest BCUT2D eigenvalue weighted by Crippen LogP contribution is 2.28. The summed E-state index contributed by atoms with van der Waals surface area (Å²) in [7, 11) is 1.48. The molecule has 0 radical (unpaired) electrons. The van der Waals surface area contributed by atoms with Crippen molar-refractivity contribution in [2.24, 2.45) is 0 Å². The lowest BCUT2D eigenvalue weighted by Crippen LogP contribution is -2.39. The molecule has 0 unspecified atom stereocenters. The van der Waals surface area contributed by atoms with Crippen molar-refractivity contribution in [2.45, 2.75) is 32.7 Å². The summed E-state index contributed by atoms with van der Waals surface area (Å²) in [4.78, 5) is 46.0. The fourth-order valence-corrected chi connectivity index (χ4v) is 4.37. The molecular weight excluding hydrogens is 398 g/mol. The minimum atomic E-state index is -0.677. The average molecular weight is 420 g/mol. The van der Waals surface area contributed by atoms with Crippen molar-refractivity contribution in [3.8, 4) is 9.88 Å². The summed E-state index contributed by atoms with van der Waals surface area (Å²) in [5.74, 6) is -0.337. The van der Waals surface area contributed by atoms with E-state index in [0.29, 0.717) is 12.2 Å². The number of hydrogen-bond acceptors (Lipinski definition) is 7. The van der Waals surface area contributed by atoms with E-state index < -0.39 is 11.2 Å². The van der Waals surface area contributed by atoms with Gasteiger partial charge in [-0.1, -0.05) is 19.4 Å². The number of unbranched alkanes of at least 4 members (excludes halogenated alkanes) is 1. The number of nitrogens with zero attached hydrogens (tertiary/aromatic N) is 3. The van der Waals surface area contributed by atoms with E-state index in [9.17, 15) is 14.4 Å². The van der Waals surface area contributed by atoms with Gasteiger partial charge in [0, 0.05) is 19.0 Å². The van der Waals surface area contributed by atoms with E-state index in [2.05, 4.69) is 9.97 Å². The van der Waals surface area contributed by atoms with E-state index in [4.69, 9.17) is 5.73 Å². The molecule has 0 saturated carbocycles. The molecule has 10 heteroatoms. The molecule has 0 bridgehead atoms. The molecule has 28 heavy (non-hydrogen) atoms. The van der Waals surface area contributed by atoms with E-state index in [1.807, 2.05) is 29.8 Å². The quantitative estimate of drug-likeness (QED) is 0.610. The molecule has 3 aromatic heterocycles. The molecule has 0 aliphatic rings. The van der Waals surface area contributed by atoms with Crippen LogP contribution in [0.3, 0.4) is 0 Å². The van der Waals surface area contributed by atoms with Gasteiger partial charge in [-0.05, 0) is 17.9 Å². The first kappa shape index (κ1) is 20.0. The van der Waals surface area contributed by atoms with Gasteiger partial charge < -0.3 is 10.6 Å². The Kier molecular flexibility index (Phi) is 6.10. The lowest BCUT2D eigenvalue weighted by molar-refractivity contribution is -0.117. The van der Waals surface area contributed by atoms with Crippen LogP contribution in [0.4, 0.5) is 11.5 Å². The number of carbonyl (C=O) groups is 1. The van der Waals surface area contributed by atoms with Gasteiger partial charge in [-0.15, -0.1) is 22.7 Å². The molecule has 8 nitrogen and oxygen atoms in total. The number of nitrogens with two attached hydrogens (primary N) is 1. The Morgan fingerprint density at radius 2 is 2.14 bits per heavy atom. The van der Waals surface area contributed by atoms with Gasteiger partial charge in [-0.25, -0.2) is 9.78 Å². The molecule has 0 atom stereocenters. The van der Waals surface area contributed by atoms with Crippen LogP contribution in [0.15, 0.2) is 32.5 Å². The molecule has 0 aromatic carbocycles. The minimum absolute atomic E-state index is 0.00407. The largest absolute Gasteiger partial charge is 0.383 e. The van der Waals surface area contributed by atoms with Crippen molar-refractivity contribution < 1.29 is 4.79 Å². The number of aromatic amines is 1. The van der Waals surface area contributed by atoms with Crippen molar-refractivity contribution >= 4 is 40.1 Å². The van der Waals surface area contributed by atoms with Crippen LogP contribution >= 0.6 is 22.7 Å². The van der Waals surface area contributed by atoms with E-state index >= 15 is 0 Å². The van der Waals surface area contributed by atoms with E-state index in [0.717, 1.165) is 22.7 Å². The number of rotatable bonds is 7.